The minimum Gasteiger partial charge on any atom is -0.299 e. The van der Waals surface area contributed by atoms with Gasteiger partial charge < -0.3 is 0 Å². The van der Waals surface area contributed by atoms with E-state index in [-0.39, 0.29) is 11.5 Å². The van der Waals surface area contributed by atoms with Gasteiger partial charge in [-0.1, -0.05) is 25.6 Å². The number of carbonyl (C=O) groups is 1. The molecule has 0 saturated heterocycles. The molecular formula is C10H17N3O2S. The van der Waals surface area contributed by atoms with Crippen LogP contribution in [0, 0.1) is 0 Å². The van der Waals surface area contributed by atoms with Crippen LogP contribution in [0.2, 0.25) is 0 Å². The summed E-state index contributed by atoms with van der Waals surface area (Å²) in [5.74, 6) is 0.591. The van der Waals surface area contributed by atoms with E-state index in [1.807, 2.05) is 13.8 Å². The molecule has 1 aromatic rings. The lowest BCUT2D eigenvalue weighted by Crippen LogP contribution is -2.17. The number of hydrogen-bond donors (Lipinski definition) is 1. The second-order valence-electron chi connectivity index (χ2n) is 3.54. The molecule has 0 aromatic carbocycles. The third kappa shape index (κ3) is 3.52. The lowest BCUT2D eigenvalue weighted by molar-refractivity contribution is -0.116. The average Bonchev–Trinajstić information content (AvgIpc) is 2.59. The molecule has 0 aliphatic carbocycles. The molecule has 0 saturated carbocycles. The molecule has 0 aliphatic heterocycles. The van der Waals surface area contributed by atoms with Gasteiger partial charge in [-0.05, 0) is 12.8 Å². The van der Waals surface area contributed by atoms with Crippen LogP contribution in [0.5, 0.6) is 0 Å². The van der Waals surface area contributed by atoms with Crippen molar-refractivity contribution in [3.63, 3.8) is 0 Å². The van der Waals surface area contributed by atoms with Crippen LogP contribution in [0.15, 0.2) is 9.95 Å². The van der Waals surface area contributed by atoms with Crippen molar-refractivity contribution in [2.45, 2.75) is 44.8 Å². The quantitative estimate of drug-likeness (QED) is 0.736. The molecular weight excluding hydrogens is 226 g/mol. The first-order chi connectivity index (χ1) is 7.69. The molecule has 0 fully saturated rings. The minimum atomic E-state index is -0.202. The van der Waals surface area contributed by atoms with Gasteiger partial charge in [0, 0.05) is 13.0 Å². The topological polar surface area (TPSA) is 67.8 Å². The Morgan fingerprint density at radius 3 is 2.81 bits per heavy atom. The molecule has 6 heteroatoms. The Balaban J connectivity index is 2.60. The van der Waals surface area contributed by atoms with Crippen molar-refractivity contribution in [1.29, 1.82) is 0 Å². The van der Waals surface area contributed by atoms with Gasteiger partial charge in [0.2, 0.25) is 0 Å². The Morgan fingerprint density at radius 2 is 2.19 bits per heavy atom. The number of Topliss-reactive ketones (excluding diaryl/α,β-unsaturated/α-hetero) is 1. The summed E-state index contributed by atoms with van der Waals surface area (Å²) in [5, 5.41) is 6.91. The normalized spacial score (nSPS) is 10.6. The molecule has 0 radical (unpaired) electrons. The maximum absolute atomic E-state index is 11.3. The van der Waals surface area contributed by atoms with Gasteiger partial charge >= 0.3 is 5.69 Å². The van der Waals surface area contributed by atoms with Crippen molar-refractivity contribution in [2.24, 2.45) is 0 Å². The molecule has 1 rings (SSSR count). The zero-order valence-corrected chi connectivity index (χ0v) is 10.5. The number of carbonyl (C=O) groups excluding carboxylic acids is 1. The molecule has 1 N–H and O–H groups in total. The smallest absolute Gasteiger partial charge is 0.299 e. The highest BCUT2D eigenvalue weighted by Gasteiger charge is 2.09. The number of aromatic nitrogens is 3. The lowest BCUT2D eigenvalue weighted by atomic mass is 10.3. The van der Waals surface area contributed by atoms with Crippen molar-refractivity contribution < 1.29 is 4.79 Å². The number of aromatic amines is 1. The number of H-pyrrole nitrogens is 1. The molecule has 90 valence electrons. The van der Waals surface area contributed by atoms with Gasteiger partial charge in [0.1, 0.15) is 5.78 Å². The maximum Gasteiger partial charge on any atom is 0.343 e. The summed E-state index contributed by atoms with van der Waals surface area (Å²) in [4.78, 5) is 22.7. The zero-order chi connectivity index (χ0) is 12.0. The molecule has 0 atom stereocenters. The average molecular weight is 243 g/mol. The van der Waals surface area contributed by atoms with Crippen molar-refractivity contribution in [1.82, 2.24) is 14.8 Å². The number of ketones is 1. The number of nitrogens with one attached hydrogen (secondary N) is 1. The third-order valence-electron chi connectivity index (χ3n) is 2.06. The summed E-state index contributed by atoms with van der Waals surface area (Å²) in [5.41, 5.74) is -0.202. The Morgan fingerprint density at radius 1 is 1.44 bits per heavy atom. The Labute approximate surface area is 98.6 Å². The van der Waals surface area contributed by atoms with Gasteiger partial charge in [-0.3, -0.25) is 9.36 Å². The van der Waals surface area contributed by atoms with Crippen LogP contribution in [0.3, 0.4) is 0 Å². The zero-order valence-electron chi connectivity index (χ0n) is 9.65. The van der Waals surface area contributed by atoms with E-state index in [1.54, 1.807) is 4.57 Å². The Bertz CT molecular complexity index is 397. The standard InChI is InChI=1S/C10H17N3O2S/c1-3-5-8(14)7-16-10-12-11-9(15)13(10)6-4-2/h3-7H2,1-2H3,(H,11,15). The van der Waals surface area contributed by atoms with E-state index < -0.39 is 0 Å². The second kappa shape index (κ2) is 6.52. The molecule has 0 aliphatic rings. The van der Waals surface area contributed by atoms with E-state index in [1.165, 1.54) is 11.8 Å². The molecule has 1 heterocycles. The van der Waals surface area contributed by atoms with Crippen molar-refractivity contribution >= 4 is 17.5 Å². The summed E-state index contributed by atoms with van der Waals surface area (Å²) < 4.78 is 1.57. The highest BCUT2D eigenvalue weighted by molar-refractivity contribution is 7.99. The monoisotopic (exact) mass is 243 g/mol. The van der Waals surface area contributed by atoms with Gasteiger partial charge in [-0.2, -0.15) is 0 Å². The van der Waals surface area contributed by atoms with Crippen LogP contribution in [-0.2, 0) is 11.3 Å². The summed E-state index contributed by atoms with van der Waals surface area (Å²) >= 11 is 1.33. The first kappa shape index (κ1) is 13.0. The van der Waals surface area contributed by atoms with Crippen LogP contribution in [-0.4, -0.2) is 26.3 Å². The molecule has 1 aromatic heterocycles. The first-order valence-electron chi connectivity index (χ1n) is 5.48. The summed E-state index contributed by atoms with van der Waals surface area (Å²) in [6.07, 6.45) is 2.33. The Kier molecular flexibility index (Phi) is 5.31. The fourth-order valence-electron chi connectivity index (χ4n) is 1.33. The van der Waals surface area contributed by atoms with E-state index in [9.17, 15) is 9.59 Å². The molecule has 0 bridgehead atoms. The highest BCUT2D eigenvalue weighted by Crippen LogP contribution is 2.14. The van der Waals surface area contributed by atoms with Gasteiger partial charge in [0.15, 0.2) is 5.16 Å². The SMILES string of the molecule is CCCC(=O)CSc1n[nH]c(=O)n1CCC. The van der Waals surface area contributed by atoms with E-state index >= 15 is 0 Å². The Hall–Kier alpha value is -1.04. The van der Waals surface area contributed by atoms with Crippen molar-refractivity contribution in [3.8, 4) is 0 Å². The first-order valence-corrected chi connectivity index (χ1v) is 6.47. The summed E-state index contributed by atoms with van der Waals surface area (Å²) in [6, 6.07) is 0. The number of hydrogen-bond acceptors (Lipinski definition) is 4. The third-order valence-corrected chi connectivity index (χ3v) is 3.10. The summed E-state index contributed by atoms with van der Waals surface area (Å²) in [6.45, 7) is 4.61. The van der Waals surface area contributed by atoms with Crippen LogP contribution in [0.25, 0.3) is 0 Å². The predicted molar refractivity (Wildman–Crippen MR) is 63.8 cm³/mol. The number of rotatable bonds is 7. The van der Waals surface area contributed by atoms with E-state index in [2.05, 4.69) is 10.2 Å². The van der Waals surface area contributed by atoms with Gasteiger partial charge in [-0.25, -0.2) is 9.89 Å². The van der Waals surface area contributed by atoms with Crippen LogP contribution in [0.4, 0.5) is 0 Å². The van der Waals surface area contributed by atoms with Gasteiger partial charge in [0.25, 0.3) is 0 Å². The maximum atomic E-state index is 11.3. The van der Waals surface area contributed by atoms with Crippen LogP contribution >= 0.6 is 11.8 Å². The molecule has 5 nitrogen and oxygen atoms in total. The predicted octanol–water partition coefficient (Wildman–Crippen LogP) is 1.44. The molecule has 0 spiro atoms. The highest BCUT2D eigenvalue weighted by atomic mass is 32.2. The number of thioether (sulfide) groups is 1. The minimum absolute atomic E-state index is 0.200. The van der Waals surface area contributed by atoms with Gasteiger partial charge in [0.05, 0.1) is 5.75 Å². The summed E-state index contributed by atoms with van der Waals surface area (Å²) in [7, 11) is 0. The van der Waals surface area contributed by atoms with Crippen LogP contribution < -0.4 is 5.69 Å². The lowest BCUT2D eigenvalue weighted by Gasteiger charge is -2.02. The number of nitrogens with zero attached hydrogens (tertiary/aromatic N) is 2. The molecule has 0 amide bonds. The fraction of sp³-hybridized carbons (Fsp3) is 0.700. The van der Waals surface area contributed by atoms with E-state index in [0.717, 1.165) is 12.8 Å². The largest absolute Gasteiger partial charge is 0.343 e. The molecule has 0 unspecified atom stereocenters. The van der Waals surface area contributed by atoms with Gasteiger partial charge in [-0.15, -0.1) is 5.10 Å². The fourth-order valence-corrected chi connectivity index (χ4v) is 2.20. The van der Waals surface area contributed by atoms with E-state index in [0.29, 0.717) is 23.9 Å². The van der Waals surface area contributed by atoms with Crippen molar-refractivity contribution in [2.75, 3.05) is 5.75 Å². The molecule has 16 heavy (non-hydrogen) atoms. The van der Waals surface area contributed by atoms with Crippen LogP contribution in [0.1, 0.15) is 33.1 Å². The van der Waals surface area contributed by atoms with Crippen molar-refractivity contribution in [3.05, 3.63) is 10.5 Å². The second-order valence-corrected chi connectivity index (χ2v) is 4.48. The van der Waals surface area contributed by atoms with E-state index in [4.69, 9.17) is 0 Å².